The van der Waals surface area contributed by atoms with E-state index in [2.05, 4.69) is 0 Å². The van der Waals surface area contributed by atoms with Gasteiger partial charge in [-0.2, -0.15) is 0 Å². The van der Waals surface area contributed by atoms with Crippen LogP contribution in [0.4, 0.5) is 0 Å². The van der Waals surface area contributed by atoms with E-state index in [4.69, 9.17) is 16.3 Å². The summed E-state index contributed by atoms with van der Waals surface area (Å²) in [5, 5.41) is 10.2. The number of ether oxygens (including phenoxy) is 1. The summed E-state index contributed by atoms with van der Waals surface area (Å²) in [7, 11) is 0. The Hall–Kier alpha value is -1.48. The van der Waals surface area contributed by atoms with Gasteiger partial charge in [-0.25, -0.2) is 4.79 Å². The number of carbonyl (C=O) groups excluding carboxylic acids is 1. The van der Waals surface area contributed by atoms with E-state index < -0.39 is 5.97 Å². The van der Waals surface area contributed by atoms with E-state index in [0.29, 0.717) is 22.8 Å². The van der Waals surface area contributed by atoms with E-state index in [0.717, 1.165) is 0 Å². The highest BCUT2D eigenvalue weighted by molar-refractivity contribution is 6.30. The van der Waals surface area contributed by atoms with Crippen molar-refractivity contribution in [2.75, 3.05) is 6.61 Å². The highest BCUT2D eigenvalue weighted by atomic mass is 35.5. The van der Waals surface area contributed by atoms with Crippen molar-refractivity contribution in [3.05, 3.63) is 34.4 Å². The third kappa shape index (κ3) is 3.28. The van der Waals surface area contributed by atoms with Crippen LogP contribution in [0.25, 0.3) is 6.08 Å². The largest absolute Gasteiger partial charge is 0.507 e. The monoisotopic (exact) mass is 240 g/mol. The second-order valence-corrected chi connectivity index (χ2v) is 3.68. The molecule has 16 heavy (non-hydrogen) atoms. The molecule has 1 aromatic carbocycles. The Kier molecular flexibility index (Phi) is 4.38. The Labute approximate surface area is 99.3 Å². The van der Waals surface area contributed by atoms with Crippen molar-refractivity contribution in [1.29, 1.82) is 0 Å². The zero-order chi connectivity index (χ0) is 12.1. The predicted octanol–water partition coefficient (Wildman–Crippen LogP) is 2.93. The lowest BCUT2D eigenvalue weighted by Crippen LogP contribution is -1.98. The Morgan fingerprint density at radius 2 is 2.25 bits per heavy atom. The smallest absolute Gasteiger partial charge is 0.330 e. The molecule has 1 N–H and O–H groups in total. The molecule has 86 valence electrons. The summed E-state index contributed by atoms with van der Waals surface area (Å²) >= 11 is 5.84. The quantitative estimate of drug-likeness (QED) is 0.653. The number of esters is 1. The second-order valence-electron chi connectivity index (χ2n) is 3.25. The maximum absolute atomic E-state index is 11.1. The topological polar surface area (TPSA) is 46.5 Å². The number of phenols is 1. The molecule has 0 fully saturated rings. The normalized spacial score (nSPS) is 10.7. The first-order valence-electron chi connectivity index (χ1n) is 4.88. The van der Waals surface area contributed by atoms with Crippen LogP contribution in [-0.2, 0) is 9.53 Å². The summed E-state index contributed by atoms with van der Waals surface area (Å²) in [4.78, 5) is 11.1. The fraction of sp³-hybridized carbons (Fsp3) is 0.250. The summed E-state index contributed by atoms with van der Waals surface area (Å²) in [6.07, 6.45) is 2.74. The average Bonchev–Trinajstić information content (AvgIpc) is 2.21. The molecule has 0 heterocycles. The minimum Gasteiger partial charge on any atom is -0.507 e. The molecule has 0 aromatic heterocycles. The lowest BCUT2D eigenvalue weighted by Gasteiger charge is -2.04. The van der Waals surface area contributed by atoms with Crippen LogP contribution in [0.15, 0.2) is 18.2 Å². The van der Waals surface area contributed by atoms with Crippen molar-refractivity contribution in [3.8, 4) is 5.75 Å². The predicted molar refractivity (Wildman–Crippen MR) is 63.5 cm³/mol. The maximum Gasteiger partial charge on any atom is 0.330 e. The van der Waals surface area contributed by atoms with Gasteiger partial charge in [0.15, 0.2) is 0 Å². The van der Waals surface area contributed by atoms with Crippen LogP contribution in [0.5, 0.6) is 5.75 Å². The third-order valence-electron chi connectivity index (χ3n) is 1.98. The number of hydrogen-bond donors (Lipinski definition) is 1. The van der Waals surface area contributed by atoms with Crippen LogP contribution >= 0.6 is 11.6 Å². The number of phenolic OH excluding ortho intramolecular Hbond substituents is 1. The van der Waals surface area contributed by atoms with E-state index in [1.165, 1.54) is 12.2 Å². The first-order chi connectivity index (χ1) is 7.54. The first kappa shape index (κ1) is 12.6. The Morgan fingerprint density at radius 3 is 2.88 bits per heavy atom. The summed E-state index contributed by atoms with van der Waals surface area (Å²) in [6.45, 7) is 3.79. The van der Waals surface area contributed by atoms with Crippen molar-refractivity contribution in [3.63, 3.8) is 0 Å². The summed E-state index contributed by atoms with van der Waals surface area (Å²) in [5.41, 5.74) is 1.16. The molecule has 0 saturated heterocycles. The molecule has 1 aromatic rings. The van der Waals surface area contributed by atoms with Gasteiger partial charge in [0.2, 0.25) is 0 Å². The molecule has 0 saturated carbocycles. The number of rotatable bonds is 3. The van der Waals surface area contributed by atoms with Gasteiger partial charge in [0, 0.05) is 16.7 Å². The van der Waals surface area contributed by atoms with Gasteiger partial charge >= 0.3 is 5.97 Å². The molecule has 0 aliphatic rings. The van der Waals surface area contributed by atoms with Crippen molar-refractivity contribution in [2.24, 2.45) is 0 Å². The van der Waals surface area contributed by atoms with Gasteiger partial charge in [0.25, 0.3) is 0 Å². The molecule has 0 atom stereocenters. The zero-order valence-corrected chi connectivity index (χ0v) is 9.91. The maximum atomic E-state index is 11.1. The van der Waals surface area contributed by atoms with Gasteiger partial charge in [0.1, 0.15) is 5.75 Å². The van der Waals surface area contributed by atoms with E-state index in [1.54, 1.807) is 26.0 Å². The summed E-state index contributed by atoms with van der Waals surface area (Å²) in [6, 6.07) is 3.23. The van der Waals surface area contributed by atoms with Crippen molar-refractivity contribution < 1.29 is 14.6 Å². The van der Waals surface area contributed by atoms with Gasteiger partial charge in [-0.1, -0.05) is 11.6 Å². The van der Waals surface area contributed by atoms with Gasteiger partial charge in [-0.15, -0.1) is 0 Å². The molecular weight excluding hydrogens is 228 g/mol. The molecule has 0 bridgehead atoms. The van der Waals surface area contributed by atoms with E-state index in [-0.39, 0.29) is 5.75 Å². The Balaban J connectivity index is 2.93. The van der Waals surface area contributed by atoms with E-state index in [1.807, 2.05) is 0 Å². The number of aromatic hydroxyl groups is 1. The van der Waals surface area contributed by atoms with Crippen LogP contribution in [0, 0.1) is 6.92 Å². The van der Waals surface area contributed by atoms with E-state index in [9.17, 15) is 9.90 Å². The van der Waals surface area contributed by atoms with Gasteiger partial charge < -0.3 is 9.84 Å². The Bertz CT molecular complexity index is 425. The minimum absolute atomic E-state index is 0.116. The molecule has 0 aliphatic carbocycles. The third-order valence-corrected chi connectivity index (χ3v) is 2.20. The van der Waals surface area contributed by atoms with Crippen molar-refractivity contribution >= 4 is 23.6 Å². The lowest BCUT2D eigenvalue weighted by atomic mass is 10.1. The highest BCUT2D eigenvalue weighted by Gasteiger charge is 2.04. The van der Waals surface area contributed by atoms with Crippen LogP contribution in [0.2, 0.25) is 5.02 Å². The standard InChI is InChI=1S/C12H13ClO3/c1-3-16-11(14)5-4-9-7-10(13)6-8(2)12(9)15/h4-7,15H,3H2,1-2H3. The SMILES string of the molecule is CCOC(=O)C=Cc1cc(Cl)cc(C)c1O. The summed E-state index contributed by atoms with van der Waals surface area (Å²) in [5.74, 6) is -0.329. The van der Waals surface area contributed by atoms with E-state index >= 15 is 0 Å². The molecule has 3 nitrogen and oxygen atoms in total. The lowest BCUT2D eigenvalue weighted by molar-refractivity contribution is -0.137. The fourth-order valence-corrected chi connectivity index (χ4v) is 1.52. The minimum atomic E-state index is -0.445. The Morgan fingerprint density at radius 1 is 1.56 bits per heavy atom. The zero-order valence-electron chi connectivity index (χ0n) is 9.16. The van der Waals surface area contributed by atoms with Crippen LogP contribution in [0.3, 0.4) is 0 Å². The average molecular weight is 241 g/mol. The fourth-order valence-electron chi connectivity index (χ4n) is 1.24. The van der Waals surface area contributed by atoms with Crippen molar-refractivity contribution in [2.45, 2.75) is 13.8 Å². The molecule has 0 radical (unpaired) electrons. The van der Waals surface area contributed by atoms with Gasteiger partial charge in [-0.3, -0.25) is 0 Å². The highest BCUT2D eigenvalue weighted by Crippen LogP contribution is 2.27. The number of halogens is 1. The summed E-state index contributed by atoms with van der Waals surface area (Å²) < 4.78 is 4.72. The first-order valence-corrected chi connectivity index (χ1v) is 5.26. The molecule has 0 spiro atoms. The number of benzene rings is 1. The van der Waals surface area contributed by atoms with Crippen LogP contribution in [0.1, 0.15) is 18.1 Å². The molecular formula is C12H13ClO3. The number of hydrogen-bond acceptors (Lipinski definition) is 3. The second kappa shape index (κ2) is 5.56. The molecule has 4 heteroatoms. The van der Waals surface area contributed by atoms with Crippen molar-refractivity contribution in [1.82, 2.24) is 0 Å². The number of aryl methyl sites for hydroxylation is 1. The number of carbonyl (C=O) groups is 1. The molecule has 0 amide bonds. The molecule has 1 rings (SSSR count). The van der Waals surface area contributed by atoms with Crippen LogP contribution < -0.4 is 0 Å². The molecule has 0 aliphatic heterocycles. The molecule has 0 unspecified atom stereocenters. The van der Waals surface area contributed by atoms with Gasteiger partial charge in [-0.05, 0) is 37.6 Å². The van der Waals surface area contributed by atoms with Gasteiger partial charge in [0.05, 0.1) is 6.61 Å². The van der Waals surface area contributed by atoms with Crippen LogP contribution in [-0.4, -0.2) is 17.7 Å².